The van der Waals surface area contributed by atoms with Gasteiger partial charge in [-0.1, -0.05) is 12.1 Å². The molecule has 1 aliphatic rings. The Bertz CT molecular complexity index is 1250. The number of H-pyrrole nitrogens is 1. The van der Waals surface area contributed by atoms with Crippen molar-refractivity contribution in [2.24, 2.45) is 0 Å². The minimum absolute atomic E-state index is 0.0225. The molecule has 9 heteroatoms. The van der Waals surface area contributed by atoms with Gasteiger partial charge < -0.3 is 15.0 Å². The molecule has 1 aromatic carbocycles. The van der Waals surface area contributed by atoms with Crippen LogP contribution < -0.4 is 10.9 Å². The molecule has 0 saturated heterocycles. The Labute approximate surface area is 181 Å². The lowest BCUT2D eigenvalue weighted by Crippen LogP contribution is -2.21. The van der Waals surface area contributed by atoms with Crippen LogP contribution in [0.5, 0.6) is 0 Å². The van der Waals surface area contributed by atoms with Crippen molar-refractivity contribution in [1.82, 2.24) is 9.97 Å². The minimum atomic E-state index is -0.572. The van der Waals surface area contributed by atoms with Crippen LogP contribution >= 0.6 is 11.3 Å². The molecule has 158 valence electrons. The third-order valence-corrected chi connectivity index (χ3v) is 6.34. The summed E-state index contributed by atoms with van der Waals surface area (Å²) >= 11 is 1.42. The number of aromatic nitrogens is 2. The normalized spacial score (nSPS) is 12.7. The molecule has 1 aliphatic carbocycles. The van der Waals surface area contributed by atoms with Crippen LogP contribution in [0.15, 0.2) is 29.1 Å². The number of rotatable bonds is 6. The summed E-state index contributed by atoms with van der Waals surface area (Å²) < 4.78 is 5.04. The Morgan fingerprint density at radius 2 is 2.06 bits per heavy atom. The second-order valence-electron chi connectivity index (χ2n) is 7.27. The van der Waals surface area contributed by atoms with Crippen LogP contribution in [-0.2, 0) is 33.6 Å². The molecule has 0 bridgehead atoms. The molecule has 2 heterocycles. The molecule has 31 heavy (non-hydrogen) atoms. The molecule has 3 aromatic rings. The molecule has 2 N–H and O–H groups in total. The van der Waals surface area contributed by atoms with Gasteiger partial charge in [-0.15, -0.1) is 11.3 Å². The zero-order valence-electron chi connectivity index (χ0n) is 16.7. The topological polar surface area (TPSA) is 125 Å². The maximum atomic E-state index is 12.2. The van der Waals surface area contributed by atoms with Gasteiger partial charge in [-0.05, 0) is 43.4 Å². The standard InChI is InChI=1S/C22H20N4O4S/c23-11-15-13-5-2-4-8-17(13)31-22(15)26-19(27)12-30-20(28)10-9-18-24-16-7-3-1-6-14(16)21(29)25-18/h1,3,6-7H,2,4-5,8-10,12H2,(H,26,27)(H,24,25,29). The Kier molecular flexibility index (Phi) is 6.09. The number of aryl methyl sites for hydroxylation is 2. The molecular weight excluding hydrogens is 416 g/mol. The summed E-state index contributed by atoms with van der Waals surface area (Å²) in [6, 6.07) is 9.13. The highest BCUT2D eigenvalue weighted by Crippen LogP contribution is 2.37. The van der Waals surface area contributed by atoms with Gasteiger partial charge in [0.2, 0.25) is 0 Å². The number of benzene rings is 1. The van der Waals surface area contributed by atoms with Gasteiger partial charge in [0.1, 0.15) is 16.9 Å². The number of nitrogens with zero attached hydrogens (tertiary/aromatic N) is 2. The molecule has 4 rings (SSSR count). The largest absolute Gasteiger partial charge is 0.456 e. The molecule has 8 nitrogen and oxygen atoms in total. The van der Waals surface area contributed by atoms with Gasteiger partial charge >= 0.3 is 5.97 Å². The Hall–Kier alpha value is -3.51. The van der Waals surface area contributed by atoms with Crippen molar-refractivity contribution in [2.75, 3.05) is 11.9 Å². The first kappa shape index (κ1) is 20.8. The van der Waals surface area contributed by atoms with E-state index in [0.29, 0.717) is 27.3 Å². The average Bonchev–Trinajstić information content (AvgIpc) is 3.13. The fraction of sp³-hybridized carbons (Fsp3) is 0.318. The second-order valence-corrected chi connectivity index (χ2v) is 8.37. The van der Waals surface area contributed by atoms with E-state index in [-0.39, 0.29) is 18.4 Å². The average molecular weight is 436 g/mol. The van der Waals surface area contributed by atoms with Crippen LogP contribution in [0.4, 0.5) is 5.00 Å². The first-order chi connectivity index (χ1) is 15.0. The lowest BCUT2D eigenvalue weighted by molar-refractivity contribution is -0.147. The molecular formula is C22H20N4O4S. The van der Waals surface area contributed by atoms with Crippen molar-refractivity contribution < 1.29 is 14.3 Å². The number of hydrogen-bond donors (Lipinski definition) is 2. The van der Waals surface area contributed by atoms with Gasteiger partial charge in [-0.25, -0.2) is 4.98 Å². The van der Waals surface area contributed by atoms with Gasteiger partial charge in [-0.2, -0.15) is 5.26 Å². The van der Waals surface area contributed by atoms with Crippen molar-refractivity contribution in [3.63, 3.8) is 0 Å². The maximum Gasteiger partial charge on any atom is 0.306 e. The van der Waals surface area contributed by atoms with E-state index < -0.39 is 18.5 Å². The van der Waals surface area contributed by atoms with E-state index in [9.17, 15) is 19.6 Å². The highest BCUT2D eigenvalue weighted by Gasteiger charge is 2.22. The summed E-state index contributed by atoms with van der Waals surface area (Å²) in [5.74, 6) is -0.675. The summed E-state index contributed by atoms with van der Waals surface area (Å²) in [5, 5.41) is 13.1. The van der Waals surface area contributed by atoms with Crippen molar-refractivity contribution in [1.29, 1.82) is 5.26 Å². The van der Waals surface area contributed by atoms with Crippen LogP contribution in [0.1, 0.15) is 41.1 Å². The van der Waals surface area contributed by atoms with Crippen LogP contribution in [0.2, 0.25) is 0 Å². The molecule has 0 spiro atoms. The SMILES string of the molecule is N#Cc1c(NC(=O)COC(=O)CCc2nc3ccccc3c(=O)[nH]2)sc2c1CCCC2. The number of carbonyl (C=O) groups excluding carboxylic acids is 2. The monoisotopic (exact) mass is 436 g/mol. The van der Waals surface area contributed by atoms with Gasteiger partial charge in [0.15, 0.2) is 6.61 Å². The van der Waals surface area contributed by atoms with E-state index in [4.69, 9.17) is 4.74 Å². The Morgan fingerprint density at radius 3 is 2.90 bits per heavy atom. The number of ether oxygens (including phenoxy) is 1. The van der Waals surface area contributed by atoms with Crippen LogP contribution in [0.25, 0.3) is 10.9 Å². The van der Waals surface area contributed by atoms with Gasteiger partial charge in [0, 0.05) is 11.3 Å². The fourth-order valence-electron chi connectivity index (χ4n) is 3.63. The number of aromatic amines is 1. The lowest BCUT2D eigenvalue weighted by atomic mass is 9.96. The third kappa shape index (κ3) is 4.64. The zero-order valence-corrected chi connectivity index (χ0v) is 17.5. The number of esters is 1. The zero-order chi connectivity index (χ0) is 21.8. The van der Waals surface area contributed by atoms with Gasteiger partial charge in [0.25, 0.3) is 11.5 Å². The molecule has 0 unspecified atom stereocenters. The number of carbonyl (C=O) groups is 2. The van der Waals surface area contributed by atoms with Crippen LogP contribution in [0, 0.1) is 11.3 Å². The van der Waals surface area contributed by atoms with Crippen LogP contribution in [-0.4, -0.2) is 28.5 Å². The van der Waals surface area contributed by atoms with Crippen molar-refractivity contribution in [2.45, 2.75) is 38.5 Å². The molecule has 1 amide bonds. The summed E-state index contributed by atoms with van der Waals surface area (Å²) in [4.78, 5) is 44.5. The summed E-state index contributed by atoms with van der Waals surface area (Å²) in [5.41, 5.74) is 1.84. The number of nitrogens with one attached hydrogen (secondary N) is 2. The van der Waals surface area contributed by atoms with E-state index in [0.717, 1.165) is 36.1 Å². The molecule has 0 radical (unpaired) electrons. The molecule has 0 atom stereocenters. The predicted octanol–water partition coefficient (Wildman–Crippen LogP) is 2.85. The number of fused-ring (bicyclic) bond motifs is 2. The Balaban J connectivity index is 1.30. The number of nitriles is 1. The first-order valence-electron chi connectivity index (χ1n) is 10.0. The third-order valence-electron chi connectivity index (χ3n) is 5.13. The lowest BCUT2D eigenvalue weighted by Gasteiger charge is -2.09. The highest BCUT2D eigenvalue weighted by molar-refractivity contribution is 7.16. The highest BCUT2D eigenvalue weighted by atomic mass is 32.1. The van der Waals surface area contributed by atoms with Crippen LogP contribution in [0.3, 0.4) is 0 Å². The van der Waals surface area contributed by atoms with E-state index in [1.54, 1.807) is 24.3 Å². The number of hydrogen-bond acceptors (Lipinski definition) is 7. The summed E-state index contributed by atoms with van der Waals surface area (Å²) in [6.07, 6.45) is 4.07. The minimum Gasteiger partial charge on any atom is -0.456 e. The quantitative estimate of drug-likeness (QED) is 0.573. The molecule has 0 aliphatic heterocycles. The van der Waals surface area contributed by atoms with E-state index in [1.807, 2.05) is 0 Å². The number of para-hydroxylation sites is 1. The van der Waals surface area contributed by atoms with Crippen molar-refractivity contribution >= 4 is 39.1 Å². The van der Waals surface area contributed by atoms with Gasteiger partial charge in [-0.3, -0.25) is 14.4 Å². The molecule has 0 saturated carbocycles. The number of thiophene rings is 1. The number of anilines is 1. The number of amides is 1. The van der Waals surface area contributed by atoms with Gasteiger partial charge in [0.05, 0.1) is 22.9 Å². The summed E-state index contributed by atoms with van der Waals surface area (Å²) in [7, 11) is 0. The van der Waals surface area contributed by atoms with E-state index in [2.05, 4.69) is 21.4 Å². The maximum absolute atomic E-state index is 12.2. The van der Waals surface area contributed by atoms with Crippen molar-refractivity contribution in [3.8, 4) is 6.07 Å². The Morgan fingerprint density at radius 1 is 1.26 bits per heavy atom. The first-order valence-corrected chi connectivity index (χ1v) is 10.8. The smallest absolute Gasteiger partial charge is 0.306 e. The second kappa shape index (κ2) is 9.10. The fourth-order valence-corrected chi connectivity index (χ4v) is 4.88. The molecule has 0 fully saturated rings. The van der Waals surface area contributed by atoms with E-state index >= 15 is 0 Å². The predicted molar refractivity (Wildman–Crippen MR) is 116 cm³/mol. The summed E-state index contributed by atoms with van der Waals surface area (Å²) in [6.45, 7) is -0.437. The van der Waals surface area contributed by atoms with E-state index in [1.165, 1.54) is 11.3 Å². The van der Waals surface area contributed by atoms with Crippen molar-refractivity contribution in [3.05, 3.63) is 56.4 Å². The molecule has 2 aromatic heterocycles.